The number of halogens is 1. The first kappa shape index (κ1) is 21.8. The molecule has 0 aliphatic heterocycles. The molecule has 0 radical (unpaired) electrons. The zero-order valence-electron chi connectivity index (χ0n) is 17.0. The summed E-state index contributed by atoms with van der Waals surface area (Å²) in [6, 6.07) is 31.9. The molecule has 2 heteroatoms. The highest BCUT2D eigenvalue weighted by Crippen LogP contribution is 2.42. The van der Waals surface area contributed by atoms with Gasteiger partial charge in [-0.1, -0.05) is 139 Å². The number of ether oxygens (including phenoxy) is 1. The third kappa shape index (κ3) is 5.37. The number of hydrogen-bond donors (Lipinski definition) is 0. The van der Waals surface area contributed by atoms with Crippen LogP contribution >= 0.6 is 22.6 Å². The van der Waals surface area contributed by atoms with Crippen LogP contribution in [-0.4, -0.2) is 6.10 Å². The van der Waals surface area contributed by atoms with Gasteiger partial charge in [0.2, 0.25) is 0 Å². The third-order valence-electron chi connectivity index (χ3n) is 5.25. The predicted molar refractivity (Wildman–Crippen MR) is 131 cm³/mol. The minimum absolute atomic E-state index is 0.140. The van der Waals surface area contributed by atoms with Crippen LogP contribution in [0.3, 0.4) is 0 Å². The van der Waals surface area contributed by atoms with Gasteiger partial charge in [0.15, 0.2) is 0 Å². The Morgan fingerprint density at radius 2 is 1.24 bits per heavy atom. The van der Waals surface area contributed by atoms with Gasteiger partial charge in [0.1, 0.15) is 5.60 Å². The van der Waals surface area contributed by atoms with Gasteiger partial charge in [0.05, 0.1) is 6.10 Å². The maximum Gasteiger partial charge on any atom is 0.144 e. The average molecular weight is 496 g/mol. The summed E-state index contributed by atoms with van der Waals surface area (Å²) in [6.45, 7) is 2.24. The molecule has 0 aliphatic carbocycles. The maximum absolute atomic E-state index is 7.15. The molecule has 0 unspecified atom stereocenters. The van der Waals surface area contributed by atoms with E-state index in [1.165, 1.54) is 6.42 Å². The molecule has 0 saturated heterocycles. The maximum atomic E-state index is 7.15. The van der Waals surface area contributed by atoms with Crippen molar-refractivity contribution in [2.45, 2.75) is 44.3 Å². The smallest absolute Gasteiger partial charge is 0.144 e. The van der Waals surface area contributed by atoms with Crippen LogP contribution in [-0.2, 0) is 10.3 Å². The second kappa shape index (κ2) is 11.3. The van der Waals surface area contributed by atoms with E-state index in [-0.39, 0.29) is 6.10 Å². The fraction of sp³-hybridized carbons (Fsp3) is 0.259. The highest BCUT2D eigenvalue weighted by atomic mass is 127. The zero-order chi connectivity index (χ0) is 20.4. The first-order valence-corrected chi connectivity index (χ1v) is 11.7. The fourth-order valence-corrected chi connectivity index (χ4v) is 4.13. The Morgan fingerprint density at radius 3 is 1.62 bits per heavy atom. The van der Waals surface area contributed by atoms with Crippen molar-refractivity contribution in [3.63, 3.8) is 0 Å². The molecule has 1 nitrogen and oxygen atoms in total. The number of rotatable bonds is 10. The van der Waals surface area contributed by atoms with Crippen molar-refractivity contribution in [1.29, 1.82) is 0 Å². The fourth-order valence-electron chi connectivity index (χ4n) is 3.83. The molecule has 0 fully saturated rings. The van der Waals surface area contributed by atoms with Crippen molar-refractivity contribution in [2.24, 2.45) is 0 Å². The molecule has 0 bridgehead atoms. The molecule has 1 atom stereocenters. The quantitative estimate of drug-likeness (QED) is 0.205. The van der Waals surface area contributed by atoms with Crippen LogP contribution < -0.4 is 0 Å². The summed E-state index contributed by atoms with van der Waals surface area (Å²) in [4.78, 5) is 0. The lowest BCUT2D eigenvalue weighted by Crippen LogP contribution is -2.37. The van der Waals surface area contributed by atoms with Crippen molar-refractivity contribution in [3.05, 3.63) is 118 Å². The summed E-state index contributed by atoms with van der Waals surface area (Å²) in [6.07, 6.45) is 6.65. The van der Waals surface area contributed by atoms with E-state index >= 15 is 0 Å². The lowest BCUT2D eigenvalue weighted by molar-refractivity contribution is -0.0501. The molecule has 0 aromatic heterocycles. The van der Waals surface area contributed by atoms with Crippen LogP contribution in [0.1, 0.15) is 49.3 Å². The molecule has 0 spiro atoms. The van der Waals surface area contributed by atoms with E-state index in [0.717, 1.165) is 36.0 Å². The molecule has 0 N–H and O–H groups in total. The van der Waals surface area contributed by atoms with Gasteiger partial charge in [-0.15, -0.1) is 0 Å². The lowest BCUT2D eigenvalue weighted by Gasteiger charge is -2.39. The summed E-state index contributed by atoms with van der Waals surface area (Å²) < 4.78 is 9.24. The van der Waals surface area contributed by atoms with Crippen LogP contribution in [0.4, 0.5) is 0 Å². The number of unbranched alkanes of at least 4 members (excludes halogenated alkanes) is 1. The van der Waals surface area contributed by atoms with Crippen LogP contribution in [0.15, 0.2) is 101 Å². The predicted octanol–water partition coefficient (Wildman–Crippen LogP) is 7.89. The number of hydrogen-bond acceptors (Lipinski definition) is 1. The van der Waals surface area contributed by atoms with Crippen molar-refractivity contribution in [3.8, 4) is 0 Å². The lowest BCUT2D eigenvalue weighted by atomic mass is 9.79. The average Bonchev–Trinajstić information content (AvgIpc) is 2.80. The van der Waals surface area contributed by atoms with Crippen molar-refractivity contribution < 1.29 is 4.74 Å². The SMILES string of the molecule is CCCC[C@H](C/C=C/I)OC(c1ccccc1)(c1ccccc1)c1ccccc1. The Labute approximate surface area is 189 Å². The topological polar surface area (TPSA) is 9.23 Å². The van der Waals surface area contributed by atoms with Gasteiger partial charge in [0.25, 0.3) is 0 Å². The Morgan fingerprint density at radius 1 is 0.793 bits per heavy atom. The Bertz CT molecular complexity index is 762. The minimum atomic E-state index is -0.638. The van der Waals surface area contributed by atoms with Gasteiger partial charge in [0, 0.05) is 0 Å². The van der Waals surface area contributed by atoms with Crippen molar-refractivity contribution in [1.82, 2.24) is 0 Å². The minimum Gasteiger partial charge on any atom is -0.357 e. The molecular formula is C27H29IO. The molecule has 0 heterocycles. The van der Waals surface area contributed by atoms with Gasteiger partial charge in [-0.2, -0.15) is 0 Å². The molecule has 3 aromatic rings. The highest BCUT2D eigenvalue weighted by molar-refractivity contribution is 14.1. The van der Waals surface area contributed by atoms with Gasteiger partial charge < -0.3 is 4.74 Å². The molecule has 0 saturated carbocycles. The summed E-state index contributed by atoms with van der Waals surface area (Å²) in [5.41, 5.74) is 2.86. The Kier molecular flexibility index (Phi) is 8.51. The third-order valence-corrected chi connectivity index (χ3v) is 5.76. The number of benzene rings is 3. The zero-order valence-corrected chi connectivity index (χ0v) is 19.2. The molecular weight excluding hydrogens is 467 g/mol. The second-order valence-corrected chi connectivity index (χ2v) is 7.98. The van der Waals surface area contributed by atoms with Crippen molar-refractivity contribution in [2.75, 3.05) is 0 Å². The van der Waals surface area contributed by atoms with Gasteiger partial charge >= 0.3 is 0 Å². The van der Waals surface area contributed by atoms with Crippen molar-refractivity contribution >= 4 is 22.6 Å². The summed E-state index contributed by atoms with van der Waals surface area (Å²) in [5.74, 6) is 0. The Balaban J connectivity index is 2.18. The molecule has 29 heavy (non-hydrogen) atoms. The van der Waals surface area contributed by atoms with E-state index in [0.29, 0.717) is 0 Å². The Hall–Kier alpha value is -1.91. The first-order valence-electron chi connectivity index (χ1n) is 10.4. The monoisotopic (exact) mass is 496 g/mol. The van der Waals surface area contributed by atoms with Crippen LogP contribution in [0.25, 0.3) is 0 Å². The standard InChI is InChI=1S/C27H29IO/c1-2-3-20-26(21-13-22-28)29-27(23-14-7-4-8-15-23,24-16-9-5-10-17-24)25-18-11-6-12-19-25/h4-19,22,26H,2-3,20-21H2,1H3/b22-13+/t26-/m1/s1. The van der Waals surface area contributed by atoms with Crippen LogP contribution in [0, 0.1) is 0 Å². The van der Waals surface area contributed by atoms with E-state index in [2.05, 4.69) is 131 Å². The summed E-state index contributed by atoms with van der Waals surface area (Å²) in [5, 5.41) is 0. The molecule has 0 amide bonds. The van der Waals surface area contributed by atoms with E-state index in [1.807, 2.05) is 0 Å². The second-order valence-electron chi connectivity index (χ2n) is 7.26. The molecule has 150 valence electrons. The summed E-state index contributed by atoms with van der Waals surface area (Å²) in [7, 11) is 0. The molecule has 3 aromatic carbocycles. The largest absolute Gasteiger partial charge is 0.357 e. The molecule has 3 rings (SSSR count). The van der Waals surface area contributed by atoms with Crippen LogP contribution in [0.5, 0.6) is 0 Å². The normalized spacial score (nSPS) is 12.9. The van der Waals surface area contributed by atoms with Gasteiger partial charge in [-0.25, -0.2) is 0 Å². The molecule has 0 aliphatic rings. The van der Waals surface area contributed by atoms with E-state index in [1.54, 1.807) is 0 Å². The highest BCUT2D eigenvalue weighted by Gasteiger charge is 2.39. The van der Waals surface area contributed by atoms with Gasteiger partial charge in [-0.3, -0.25) is 0 Å². The van der Waals surface area contributed by atoms with E-state index in [9.17, 15) is 0 Å². The van der Waals surface area contributed by atoms with Gasteiger partial charge in [-0.05, 0) is 33.6 Å². The van der Waals surface area contributed by atoms with E-state index in [4.69, 9.17) is 4.74 Å². The van der Waals surface area contributed by atoms with Crippen LogP contribution in [0.2, 0.25) is 0 Å². The van der Waals surface area contributed by atoms with E-state index < -0.39 is 5.60 Å². The first-order chi connectivity index (χ1) is 14.3. The summed E-state index contributed by atoms with van der Waals surface area (Å²) >= 11 is 2.29.